The van der Waals surface area contributed by atoms with Crippen molar-refractivity contribution in [2.75, 3.05) is 13.4 Å². The fraction of sp³-hybridized carbons (Fsp3) is 0.550. The van der Waals surface area contributed by atoms with Gasteiger partial charge in [0.2, 0.25) is 12.6 Å². The molecule has 0 saturated carbocycles. The molecule has 1 atom stereocenters. The molecule has 0 bridgehead atoms. The molecule has 0 saturated heterocycles. The summed E-state index contributed by atoms with van der Waals surface area (Å²) in [6.07, 6.45) is -0.597. The lowest BCUT2D eigenvalue weighted by molar-refractivity contribution is -0.143. The topological polar surface area (TPSA) is 108 Å². The van der Waals surface area contributed by atoms with Crippen LogP contribution in [0.3, 0.4) is 0 Å². The number of ether oxygens (including phenoxy) is 3. The number of hydrogen-bond donors (Lipinski definition) is 1. The van der Waals surface area contributed by atoms with Gasteiger partial charge < -0.3 is 23.9 Å². The Morgan fingerprint density at radius 3 is 2.65 bits per heavy atom. The lowest BCUT2D eigenvalue weighted by Gasteiger charge is -2.29. The number of fused-ring (bicyclic) bond motifs is 1. The summed E-state index contributed by atoms with van der Waals surface area (Å²) in [4.78, 5) is 35.5. The number of halogens is 2. The average Bonchev–Trinajstić information content (AvgIpc) is 2.73. The summed E-state index contributed by atoms with van der Waals surface area (Å²) in [5, 5.41) is 10.2. The summed E-state index contributed by atoms with van der Waals surface area (Å²) in [6, 6.07) is 4.50. The van der Waals surface area contributed by atoms with Crippen LogP contribution in [-0.2, 0) is 25.4 Å². The number of rotatable bonds is 10. The van der Waals surface area contributed by atoms with Gasteiger partial charge in [0.15, 0.2) is 0 Å². The molecule has 11 heteroatoms. The van der Waals surface area contributed by atoms with E-state index < -0.39 is 56.4 Å². The van der Waals surface area contributed by atoms with Crippen LogP contribution in [0.4, 0.5) is 13.6 Å². The molecule has 170 valence electrons. The number of benzene rings is 1. The van der Waals surface area contributed by atoms with Crippen LogP contribution < -0.4 is 4.65 Å². The number of para-hydroxylation sites is 1. The van der Waals surface area contributed by atoms with Gasteiger partial charge >= 0.3 is 25.2 Å². The second-order valence-corrected chi connectivity index (χ2v) is 7.10. The Morgan fingerprint density at radius 1 is 1.23 bits per heavy atom. The first-order valence-electron chi connectivity index (χ1n) is 10.0. The Labute approximate surface area is 178 Å². The van der Waals surface area contributed by atoms with Gasteiger partial charge in [0.05, 0.1) is 6.61 Å². The quantitative estimate of drug-likeness (QED) is 0.254. The Bertz CT molecular complexity index is 801. The zero-order valence-corrected chi connectivity index (χ0v) is 17.4. The number of alkyl halides is 2. The molecule has 1 heterocycles. The molecule has 1 aromatic rings. The minimum absolute atomic E-state index is 0.0245. The molecule has 0 fully saturated rings. The first-order chi connectivity index (χ1) is 14.7. The maximum Gasteiger partial charge on any atom is 0.526 e. The smallest absolute Gasteiger partial charge is 0.526 e. The molecule has 2 rings (SSSR count). The van der Waals surface area contributed by atoms with Crippen LogP contribution in [0.25, 0.3) is 0 Å². The highest BCUT2D eigenvalue weighted by molar-refractivity contribution is 6.47. The second kappa shape index (κ2) is 11.1. The molecule has 0 radical (unpaired) electrons. The fourth-order valence-electron chi connectivity index (χ4n) is 2.95. The minimum Gasteiger partial charge on any atom is -0.535 e. The first kappa shape index (κ1) is 24.6. The van der Waals surface area contributed by atoms with Crippen LogP contribution in [-0.4, -0.2) is 49.4 Å². The molecule has 8 nitrogen and oxygen atoms in total. The molecule has 1 N–H and O–H groups in total. The number of esters is 1. The van der Waals surface area contributed by atoms with Crippen molar-refractivity contribution >= 4 is 25.0 Å². The molecule has 0 amide bonds. The molecule has 0 aliphatic carbocycles. The minimum atomic E-state index is -3.47. The summed E-state index contributed by atoms with van der Waals surface area (Å²) >= 11 is 0. The third-order valence-electron chi connectivity index (χ3n) is 4.82. The monoisotopic (exact) mass is 442 g/mol. The van der Waals surface area contributed by atoms with E-state index in [4.69, 9.17) is 14.1 Å². The van der Waals surface area contributed by atoms with Crippen molar-refractivity contribution in [2.24, 2.45) is 0 Å². The highest BCUT2D eigenvalue weighted by Gasteiger charge is 2.43. The van der Waals surface area contributed by atoms with E-state index in [0.29, 0.717) is 12.0 Å². The molecule has 1 aromatic carbocycles. The van der Waals surface area contributed by atoms with Gasteiger partial charge in [-0.3, -0.25) is 4.79 Å². The Kier molecular flexibility index (Phi) is 8.79. The molecule has 0 unspecified atom stereocenters. The largest absolute Gasteiger partial charge is 0.535 e. The lowest BCUT2D eigenvalue weighted by atomic mass is 9.64. The highest BCUT2D eigenvalue weighted by Crippen LogP contribution is 2.38. The fourth-order valence-corrected chi connectivity index (χ4v) is 2.95. The van der Waals surface area contributed by atoms with Gasteiger partial charge in [0.1, 0.15) is 11.3 Å². The molecule has 1 aliphatic rings. The van der Waals surface area contributed by atoms with Crippen molar-refractivity contribution in [3.05, 3.63) is 29.3 Å². The zero-order valence-electron chi connectivity index (χ0n) is 17.4. The van der Waals surface area contributed by atoms with Crippen molar-refractivity contribution in [3.8, 4) is 5.75 Å². The zero-order chi connectivity index (χ0) is 23.0. The standard InChI is InChI=1S/C20H25BF2O8/c1-3-5-9-28-19(26)30-12-29-18(25)15-8-6-7-13-10-14(21(27)31-17(13)15)11-16(24)20(22,23)4-2/h6-8,14,27H,3-5,9-12H2,1-2H3/t14-/m1/s1. The predicted molar refractivity (Wildman–Crippen MR) is 105 cm³/mol. The van der Waals surface area contributed by atoms with Gasteiger partial charge in [-0.1, -0.05) is 32.4 Å². The number of carbonyl (C=O) groups excluding carboxylic acids is 3. The van der Waals surface area contributed by atoms with Gasteiger partial charge in [0.25, 0.3) is 0 Å². The average molecular weight is 442 g/mol. The molecule has 31 heavy (non-hydrogen) atoms. The molecular weight excluding hydrogens is 417 g/mol. The van der Waals surface area contributed by atoms with Gasteiger partial charge in [-0.25, -0.2) is 9.59 Å². The van der Waals surface area contributed by atoms with Crippen LogP contribution in [0.2, 0.25) is 5.82 Å². The number of unbranched alkanes of at least 4 members (excludes halogenated alkanes) is 1. The lowest BCUT2D eigenvalue weighted by Crippen LogP contribution is -2.38. The first-order valence-corrected chi connectivity index (χ1v) is 10.0. The van der Waals surface area contributed by atoms with Gasteiger partial charge in [0, 0.05) is 18.7 Å². The van der Waals surface area contributed by atoms with E-state index in [-0.39, 0.29) is 24.3 Å². The molecular formula is C20H25BF2O8. The second-order valence-electron chi connectivity index (χ2n) is 7.10. The summed E-state index contributed by atoms with van der Waals surface area (Å²) < 4.78 is 46.8. The van der Waals surface area contributed by atoms with Gasteiger partial charge in [-0.05, 0) is 24.5 Å². The molecule has 1 aliphatic heterocycles. The summed E-state index contributed by atoms with van der Waals surface area (Å²) in [5.74, 6) is -6.48. The normalized spacial score (nSPS) is 15.5. The van der Waals surface area contributed by atoms with Crippen molar-refractivity contribution in [1.29, 1.82) is 0 Å². The number of carbonyl (C=O) groups is 3. The maximum atomic E-state index is 13.6. The number of Topliss-reactive ketones (excluding diaryl/α,β-unsaturated/α-hetero) is 1. The van der Waals surface area contributed by atoms with Crippen molar-refractivity contribution < 1.29 is 47.1 Å². The van der Waals surface area contributed by atoms with E-state index in [0.717, 1.165) is 6.42 Å². The third kappa shape index (κ3) is 6.65. The van der Waals surface area contributed by atoms with Crippen LogP contribution >= 0.6 is 0 Å². The maximum absolute atomic E-state index is 13.6. The predicted octanol–water partition coefficient (Wildman–Crippen LogP) is 3.54. The summed E-state index contributed by atoms with van der Waals surface area (Å²) in [7, 11) is -1.55. The van der Waals surface area contributed by atoms with Crippen molar-refractivity contribution in [3.63, 3.8) is 0 Å². The van der Waals surface area contributed by atoms with Crippen molar-refractivity contribution in [2.45, 2.75) is 57.7 Å². The summed E-state index contributed by atoms with van der Waals surface area (Å²) in [6.45, 7) is 2.64. The number of hydrogen-bond acceptors (Lipinski definition) is 8. The SMILES string of the molecule is CCCCOC(=O)OCOC(=O)c1cccc2c1OB(O)[C@@H](CC(=O)C(F)(F)CC)C2. The van der Waals surface area contributed by atoms with E-state index in [2.05, 4.69) is 4.74 Å². The Morgan fingerprint density at radius 2 is 1.97 bits per heavy atom. The van der Waals surface area contributed by atoms with E-state index >= 15 is 0 Å². The van der Waals surface area contributed by atoms with Crippen molar-refractivity contribution in [1.82, 2.24) is 0 Å². The highest BCUT2D eigenvalue weighted by atomic mass is 19.3. The van der Waals surface area contributed by atoms with Gasteiger partial charge in [-0.15, -0.1) is 0 Å². The van der Waals surface area contributed by atoms with Crippen LogP contribution in [0.5, 0.6) is 5.75 Å². The summed E-state index contributed by atoms with van der Waals surface area (Å²) in [5.41, 5.74) is 0.417. The molecule has 0 spiro atoms. The molecule has 0 aromatic heterocycles. The van der Waals surface area contributed by atoms with E-state index in [1.54, 1.807) is 6.07 Å². The van der Waals surface area contributed by atoms with E-state index in [1.807, 2.05) is 6.92 Å². The number of ketones is 1. The van der Waals surface area contributed by atoms with Gasteiger partial charge in [-0.2, -0.15) is 8.78 Å². The van der Waals surface area contributed by atoms with E-state index in [1.165, 1.54) is 19.1 Å². The van der Waals surface area contributed by atoms with Crippen LogP contribution in [0.1, 0.15) is 55.5 Å². The Balaban J connectivity index is 1.98. The third-order valence-corrected chi connectivity index (χ3v) is 4.82. The Hall–Kier alpha value is -2.69. The van der Waals surface area contributed by atoms with Crippen LogP contribution in [0, 0.1) is 0 Å². The van der Waals surface area contributed by atoms with E-state index in [9.17, 15) is 28.2 Å². The van der Waals surface area contributed by atoms with Crippen LogP contribution in [0.15, 0.2) is 18.2 Å².